The molecule has 12 aromatic rings. The fourth-order valence-corrected chi connectivity index (χ4v) is 9.86. The minimum Gasteiger partial charge on any atom is -0.455 e. The van der Waals surface area contributed by atoms with Gasteiger partial charge in [0.25, 0.3) is 0 Å². The van der Waals surface area contributed by atoms with Gasteiger partial charge in [0, 0.05) is 58.8 Å². The predicted molar refractivity (Wildman–Crippen MR) is 242 cm³/mol. The topological polar surface area (TPSA) is 51.8 Å². The Balaban J connectivity index is 1.09. The summed E-state index contributed by atoms with van der Waals surface area (Å²) >= 11 is 1.84. The third-order valence-electron chi connectivity index (χ3n) is 11.4. The van der Waals surface area contributed by atoms with Crippen LogP contribution in [0.5, 0.6) is 0 Å². The number of rotatable bonds is 5. The second kappa shape index (κ2) is 13.1. The van der Waals surface area contributed by atoms with E-state index in [0.29, 0.717) is 17.5 Å². The van der Waals surface area contributed by atoms with Gasteiger partial charge in [0.1, 0.15) is 11.2 Å². The molecule has 0 saturated heterocycles. The van der Waals surface area contributed by atoms with E-state index < -0.39 is 0 Å². The van der Waals surface area contributed by atoms with Crippen LogP contribution in [0.3, 0.4) is 0 Å². The summed E-state index contributed by atoms with van der Waals surface area (Å²) < 4.78 is 9.55. The Hall–Kier alpha value is -7.47. The van der Waals surface area contributed by atoms with Gasteiger partial charge in [0.15, 0.2) is 17.5 Å². The van der Waals surface area contributed by atoms with Gasteiger partial charge in [-0.25, -0.2) is 15.0 Å². The fraction of sp³-hybridized carbons (Fsp3) is 0. The van der Waals surface area contributed by atoms with Crippen molar-refractivity contribution < 1.29 is 4.42 Å². The predicted octanol–water partition coefficient (Wildman–Crippen LogP) is 14.8. The molecule has 4 nitrogen and oxygen atoms in total. The third-order valence-corrected chi connectivity index (χ3v) is 12.6. The highest BCUT2D eigenvalue weighted by atomic mass is 32.1. The van der Waals surface area contributed by atoms with Crippen molar-refractivity contribution in [3.63, 3.8) is 0 Å². The fourth-order valence-electron chi connectivity index (χ4n) is 8.63. The molecule has 5 heteroatoms. The molecule has 3 aromatic heterocycles. The molecule has 0 amide bonds. The third kappa shape index (κ3) is 5.18. The second-order valence-corrected chi connectivity index (χ2v) is 15.7. The first-order valence-electron chi connectivity index (χ1n) is 19.4. The normalized spacial score (nSPS) is 11.8. The van der Waals surface area contributed by atoms with Crippen LogP contribution in [0.2, 0.25) is 0 Å². The van der Waals surface area contributed by atoms with Crippen molar-refractivity contribution in [2.45, 2.75) is 0 Å². The van der Waals surface area contributed by atoms with E-state index in [2.05, 4.69) is 182 Å². The van der Waals surface area contributed by atoms with Crippen molar-refractivity contribution >= 4 is 75.0 Å². The van der Waals surface area contributed by atoms with E-state index in [4.69, 9.17) is 19.4 Å². The zero-order chi connectivity index (χ0) is 38.2. The highest BCUT2D eigenvalue weighted by molar-refractivity contribution is 7.26. The van der Waals surface area contributed by atoms with Gasteiger partial charge in [0.05, 0.1) is 0 Å². The molecular formula is C53H31N3OS. The average molecular weight is 758 g/mol. The maximum absolute atomic E-state index is 7.01. The summed E-state index contributed by atoms with van der Waals surface area (Å²) in [6, 6.07) is 66.0. The molecule has 12 rings (SSSR count). The van der Waals surface area contributed by atoms with Crippen LogP contribution >= 0.6 is 11.3 Å². The van der Waals surface area contributed by atoms with E-state index in [1.165, 1.54) is 25.7 Å². The second-order valence-electron chi connectivity index (χ2n) is 14.7. The summed E-state index contributed by atoms with van der Waals surface area (Å²) in [4.78, 5) is 15.7. The molecular weight excluding hydrogens is 727 g/mol. The molecule has 3 heterocycles. The summed E-state index contributed by atoms with van der Waals surface area (Å²) in [7, 11) is 0. The SMILES string of the molecule is c1ccc(-c2ccc(-c3nc(-c4cccc5ccccc45)nc(-c4cc5oc6c(-c7cccc8c7sc7ccccc78)cccc6c5c5ccccc45)n3)cc2)cc1. The lowest BCUT2D eigenvalue weighted by molar-refractivity contribution is 0.670. The first-order valence-corrected chi connectivity index (χ1v) is 20.2. The zero-order valence-electron chi connectivity index (χ0n) is 31.1. The molecule has 0 spiro atoms. The quantitative estimate of drug-likeness (QED) is 0.175. The lowest BCUT2D eigenvalue weighted by atomic mass is 9.96. The number of fused-ring (bicyclic) bond motifs is 9. The minimum atomic E-state index is 0.592. The van der Waals surface area contributed by atoms with Gasteiger partial charge in [-0.05, 0) is 44.8 Å². The number of nitrogens with zero attached hydrogens (tertiary/aromatic N) is 3. The molecule has 58 heavy (non-hydrogen) atoms. The Bertz CT molecular complexity index is 3560. The molecule has 0 aliphatic heterocycles. The Morgan fingerprint density at radius 2 is 0.931 bits per heavy atom. The molecule has 0 bridgehead atoms. The Kier molecular flexibility index (Phi) is 7.37. The smallest absolute Gasteiger partial charge is 0.164 e. The molecule has 0 aliphatic carbocycles. The van der Waals surface area contributed by atoms with Crippen molar-refractivity contribution in [2.75, 3.05) is 0 Å². The van der Waals surface area contributed by atoms with Gasteiger partial charge in [0.2, 0.25) is 0 Å². The number of thiophene rings is 1. The number of aromatic nitrogens is 3. The summed E-state index contributed by atoms with van der Waals surface area (Å²) in [5.41, 5.74) is 8.98. The standard InChI is InChI=1S/C53H31N3OS/c1-2-13-32(14-3-1)33-27-29-35(30-28-33)51-54-52(43-24-10-16-34-15-4-5-17-36(34)43)56-53(55-51)45-31-46-48(39-20-7-6-18-37(39)45)44-25-11-21-40(49(44)57-46)42-23-12-22-41-38-19-8-9-26-47(38)58-50(41)42/h1-31H. The molecule has 9 aromatic carbocycles. The first-order chi connectivity index (χ1) is 28.7. The minimum absolute atomic E-state index is 0.592. The highest BCUT2D eigenvalue weighted by Crippen LogP contribution is 2.46. The molecule has 0 N–H and O–H groups in total. The van der Waals surface area contributed by atoms with Crippen molar-refractivity contribution in [1.29, 1.82) is 0 Å². The van der Waals surface area contributed by atoms with Crippen LogP contribution < -0.4 is 0 Å². The van der Waals surface area contributed by atoms with Crippen LogP contribution in [0.4, 0.5) is 0 Å². The van der Waals surface area contributed by atoms with Crippen molar-refractivity contribution in [3.05, 3.63) is 188 Å². The number of benzene rings is 9. The molecule has 0 radical (unpaired) electrons. The van der Waals surface area contributed by atoms with Gasteiger partial charge >= 0.3 is 0 Å². The molecule has 0 unspecified atom stereocenters. The van der Waals surface area contributed by atoms with Gasteiger partial charge in [-0.1, -0.05) is 176 Å². The molecule has 0 aliphatic rings. The van der Waals surface area contributed by atoms with Crippen molar-refractivity contribution in [2.24, 2.45) is 0 Å². The molecule has 0 atom stereocenters. The van der Waals surface area contributed by atoms with E-state index in [1.54, 1.807) is 0 Å². The first kappa shape index (κ1) is 32.7. The maximum atomic E-state index is 7.01. The van der Waals surface area contributed by atoms with E-state index in [1.807, 2.05) is 17.4 Å². The zero-order valence-corrected chi connectivity index (χ0v) is 31.9. The van der Waals surface area contributed by atoms with E-state index >= 15 is 0 Å². The molecule has 0 saturated carbocycles. The number of hydrogen-bond acceptors (Lipinski definition) is 5. The van der Waals surface area contributed by atoms with Crippen LogP contribution in [0.25, 0.3) is 120 Å². The van der Waals surface area contributed by atoms with E-state index in [9.17, 15) is 0 Å². The van der Waals surface area contributed by atoms with Crippen LogP contribution in [-0.2, 0) is 0 Å². The monoisotopic (exact) mass is 757 g/mol. The van der Waals surface area contributed by atoms with Gasteiger partial charge in [-0.3, -0.25) is 0 Å². The van der Waals surface area contributed by atoms with Crippen LogP contribution in [0.1, 0.15) is 0 Å². The van der Waals surface area contributed by atoms with E-state index in [-0.39, 0.29) is 0 Å². The number of para-hydroxylation sites is 1. The summed E-state index contributed by atoms with van der Waals surface area (Å²) in [5, 5.41) is 9.07. The molecule has 0 fully saturated rings. The number of hydrogen-bond donors (Lipinski definition) is 0. The highest BCUT2D eigenvalue weighted by Gasteiger charge is 2.22. The summed E-state index contributed by atoms with van der Waals surface area (Å²) in [6.07, 6.45) is 0. The lowest BCUT2D eigenvalue weighted by Gasteiger charge is -2.12. The van der Waals surface area contributed by atoms with Crippen LogP contribution in [-0.4, -0.2) is 15.0 Å². The summed E-state index contributed by atoms with van der Waals surface area (Å²) in [6.45, 7) is 0. The van der Waals surface area contributed by atoms with Gasteiger partial charge in [-0.15, -0.1) is 11.3 Å². The van der Waals surface area contributed by atoms with Crippen molar-refractivity contribution in [3.8, 4) is 56.4 Å². The molecule has 270 valence electrons. The average Bonchev–Trinajstić information content (AvgIpc) is 3.88. The maximum Gasteiger partial charge on any atom is 0.164 e. The summed E-state index contributed by atoms with van der Waals surface area (Å²) in [5.74, 6) is 1.82. The Morgan fingerprint density at radius 1 is 0.362 bits per heavy atom. The van der Waals surface area contributed by atoms with Crippen LogP contribution in [0, 0.1) is 0 Å². The van der Waals surface area contributed by atoms with E-state index in [0.717, 1.165) is 76.9 Å². The van der Waals surface area contributed by atoms with Gasteiger partial charge < -0.3 is 4.42 Å². The number of furan rings is 1. The lowest BCUT2D eigenvalue weighted by Crippen LogP contribution is -2.01. The van der Waals surface area contributed by atoms with Crippen LogP contribution in [0.15, 0.2) is 192 Å². The van der Waals surface area contributed by atoms with Crippen molar-refractivity contribution in [1.82, 2.24) is 15.0 Å². The largest absolute Gasteiger partial charge is 0.455 e. The Morgan fingerprint density at radius 3 is 1.78 bits per heavy atom. The van der Waals surface area contributed by atoms with Gasteiger partial charge in [-0.2, -0.15) is 0 Å². The Labute approximate surface area is 337 Å².